The van der Waals surface area contributed by atoms with E-state index in [2.05, 4.69) is 60.6 Å². The maximum Gasteiger partial charge on any atom is 0.306 e. The van der Waals surface area contributed by atoms with Gasteiger partial charge in [-0.25, -0.2) is 0 Å². The van der Waals surface area contributed by atoms with Crippen LogP contribution in [0, 0.1) is 58.2 Å². The molecule has 4 fully saturated rings. The van der Waals surface area contributed by atoms with Gasteiger partial charge in [-0.1, -0.05) is 112 Å². The van der Waals surface area contributed by atoms with Crippen LogP contribution in [0.3, 0.4) is 0 Å². The number of carbonyl (C=O) groups is 1. The van der Waals surface area contributed by atoms with Crippen LogP contribution < -0.4 is 0 Å². The van der Waals surface area contributed by atoms with Crippen molar-refractivity contribution in [3.63, 3.8) is 0 Å². The zero-order chi connectivity index (χ0) is 33.9. The minimum absolute atomic E-state index is 0.0801. The molecule has 0 aromatic carbocycles. The molecule has 4 aliphatic rings. The van der Waals surface area contributed by atoms with Crippen LogP contribution in [0.25, 0.3) is 0 Å². The van der Waals surface area contributed by atoms with Crippen molar-refractivity contribution in [3.05, 3.63) is 12.2 Å². The van der Waals surface area contributed by atoms with E-state index in [0.29, 0.717) is 17.3 Å². The van der Waals surface area contributed by atoms with E-state index in [9.17, 15) is 4.79 Å². The maximum atomic E-state index is 12.8. The molecular weight excluding hydrogens is 572 g/mol. The summed E-state index contributed by atoms with van der Waals surface area (Å²) >= 11 is 0. The molecule has 0 aliphatic heterocycles. The van der Waals surface area contributed by atoms with Gasteiger partial charge in [-0.05, 0) is 154 Å². The quantitative estimate of drug-likeness (QED) is 0.0743. The number of esters is 1. The lowest BCUT2D eigenvalue weighted by molar-refractivity contribution is -0.162. The average molecular weight is 653 g/mol. The van der Waals surface area contributed by atoms with Crippen molar-refractivity contribution < 1.29 is 9.53 Å². The second-order valence-corrected chi connectivity index (χ2v) is 18.4. The van der Waals surface area contributed by atoms with Crippen LogP contribution in [0.1, 0.15) is 203 Å². The summed E-state index contributed by atoms with van der Waals surface area (Å²) in [6.07, 6.45) is 35.9. The first-order chi connectivity index (χ1) is 22.6. The lowest BCUT2D eigenvalue weighted by atomic mass is 9.44. The van der Waals surface area contributed by atoms with Crippen molar-refractivity contribution in [2.24, 2.45) is 58.2 Å². The van der Waals surface area contributed by atoms with Crippen molar-refractivity contribution >= 4 is 5.97 Å². The second-order valence-electron chi connectivity index (χ2n) is 18.4. The van der Waals surface area contributed by atoms with Gasteiger partial charge in [0.1, 0.15) is 6.10 Å². The monoisotopic (exact) mass is 653 g/mol. The largest absolute Gasteiger partial charge is 0.462 e. The Kier molecular flexibility index (Phi) is 15.8. The average Bonchev–Trinajstić information content (AvgIpc) is 3.41. The molecular formula is C45H80O2. The van der Waals surface area contributed by atoms with Gasteiger partial charge in [0.15, 0.2) is 0 Å². The van der Waals surface area contributed by atoms with Crippen molar-refractivity contribution in [1.82, 2.24) is 0 Å². The molecule has 0 aromatic rings. The summed E-state index contributed by atoms with van der Waals surface area (Å²) in [7, 11) is 0. The molecule has 0 bridgehead atoms. The van der Waals surface area contributed by atoms with Crippen molar-refractivity contribution in [2.45, 2.75) is 209 Å². The minimum Gasteiger partial charge on any atom is -0.462 e. The van der Waals surface area contributed by atoms with Crippen LogP contribution in [0.4, 0.5) is 0 Å². The van der Waals surface area contributed by atoms with Crippen LogP contribution >= 0.6 is 0 Å². The normalized spacial score (nSPS) is 35.0. The van der Waals surface area contributed by atoms with Crippen molar-refractivity contribution in [2.75, 3.05) is 0 Å². The first kappa shape index (κ1) is 39.0. The van der Waals surface area contributed by atoms with Gasteiger partial charge >= 0.3 is 5.97 Å². The lowest BCUT2D eigenvalue weighted by Crippen LogP contribution is -2.54. The summed E-state index contributed by atoms with van der Waals surface area (Å²) in [6.45, 7) is 17.6. The van der Waals surface area contributed by atoms with E-state index in [4.69, 9.17) is 4.74 Å². The first-order valence-electron chi connectivity index (χ1n) is 21.5. The number of carbonyl (C=O) groups excluding carboxylic acids is 1. The molecule has 0 aromatic heterocycles. The van der Waals surface area contributed by atoms with Gasteiger partial charge in [-0.3, -0.25) is 4.79 Å². The number of unbranched alkanes of at least 4 members (excludes halogenated alkanes) is 9. The Morgan fingerprint density at radius 2 is 1.40 bits per heavy atom. The van der Waals surface area contributed by atoms with Crippen LogP contribution in [-0.4, -0.2) is 12.1 Å². The first-order valence-corrected chi connectivity index (χ1v) is 21.5. The minimum atomic E-state index is 0.0801. The topological polar surface area (TPSA) is 26.3 Å². The molecule has 0 heterocycles. The van der Waals surface area contributed by atoms with Crippen LogP contribution in [-0.2, 0) is 9.53 Å². The third-order valence-corrected chi connectivity index (χ3v) is 15.3. The fourth-order valence-electron chi connectivity index (χ4n) is 12.2. The summed E-state index contributed by atoms with van der Waals surface area (Å²) in [5.41, 5.74) is 1.04. The van der Waals surface area contributed by atoms with Gasteiger partial charge in [0, 0.05) is 6.42 Å². The van der Waals surface area contributed by atoms with Gasteiger partial charge in [-0.2, -0.15) is 0 Å². The SMILES string of the molecule is CCCCCC/C=C\CCCCCCCC(=O)OC1CC[C@@]2(C)C(CC[C@H]3[C@@H]4CC[C@H]([C@H](C)CC[C@@H](CC)C(C)C)[C@@]4(C)CC[C@@H]32)C1. The third kappa shape index (κ3) is 10.1. The highest BCUT2D eigenvalue weighted by molar-refractivity contribution is 5.69. The maximum absolute atomic E-state index is 12.8. The molecule has 2 unspecified atom stereocenters. The molecule has 10 atom stereocenters. The summed E-state index contributed by atoms with van der Waals surface area (Å²) in [4.78, 5) is 12.8. The van der Waals surface area contributed by atoms with Gasteiger partial charge < -0.3 is 4.74 Å². The number of hydrogen-bond donors (Lipinski definition) is 0. The van der Waals surface area contributed by atoms with Gasteiger partial charge in [0.25, 0.3) is 0 Å². The molecule has 47 heavy (non-hydrogen) atoms. The second kappa shape index (κ2) is 19.0. The summed E-state index contributed by atoms with van der Waals surface area (Å²) in [5.74, 6) is 7.17. The predicted octanol–water partition coefficient (Wildman–Crippen LogP) is 13.9. The van der Waals surface area contributed by atoms with Crippen LogP contribution in [0.5, 0.6) is 0 Å². The van der Waals surface area contributed by atoms with E-state index in [1.807, 2.05) is 0 Å². The smallest absolute Gasteiger partial charge is 0.306 e. The van der Waals surface area contributed by atoms with Gasteiger partial charge in [0.05, 0.1) is 0 Å². The van der Waals surface area contributed by atoms with E-state index in [1.54, 1.807) is 0 Å². The van der Waals surface area contributed by atoms with E-state index < -0.39 is 0 Å². The van der Waals surface area contributed by atoms with Crippen LogP contribution in [0.15, 0.2) is 12.2 Å². The molecule has 4 rings (SSSR count). The molecule has 0 N–H and O–H groups in total. The molecule has 0 spiro atoms. The molecule has 2 heteroatoms. The highest BCUT2D eigenvalue weighted by Gasteiger charge is 2.60. The Labute approximate surface area is 293 Å². The fourth-order valence-corrected chi connectivity index (χ4v) is 12.2. The van der Waals surface area contributed by atoms with Crippen molar-refractivity contribution in [1.29, 1.82) is 0 Å². The van der Waals surface area contributed by atoms with Crippen LogP contribution in [0.2, 0.25) is 0 Å². The highest BCUT2D eigenvalue weighted by atomic mass is 16.5. The Morgan fingerprint density at radius 1 is 0.745 bits per heavy atom. The molecule has 2 nitrogen and oxygen atoms in total. The zero-order valence-corrected chi connectivity index (χ0v) is 32.6. The number of rotatable bonds is 20. The standard InChI is InChI=1S/C45H80O2/c1-8-10-11-12-13-14-15-16-17-18-19-20-21-22-43(46)47-38-29-31-44(6)37(33-38)25-26-39-41-28-27-40(45(41,7)32-30-42(39)44)35(5)23-24-36(9-2)34(3)4/h14-15,34-42H,8-13,16-33H2,1-7H3/b15-14-/t35-,36-,37?,38?,39+,40-,41+,42+,44+,45-/m1/s1. The molecule has 0 radical (unpaired) electrons. The zero-order valence-electron chi connectivity index (χ0n) is 32.6. The molecule has 0 amide bonds. The van der Waals surface area contributed by atoms with E-state index >= 15 is 0 Å². The Hall–Kier alpha value is -0.790. The Morgan fingerprint density at radius 3 is 2.11 bits per heavy atom. The van der Waals surface area contributed by atoms with Gasteiger partial charge in [-0.15, -0.1) is 0 Å². The van der Waals surface area contributed by atoms with Crippen molar-refractivity contribution in [3.8, 4) is 0 Å². The lowest BCUT2D eigenvalue weighted by Gasteiger charge is -2.61. The van der Waals surface area contributed by atoms with Gasteiger partial charge in [0.2, 0.25) is 0 Å². The molecule has 272 valence electrons. The fraction of sp³-hybridized carbons (Fsp3) is 0.933. The predicted molar refractivity (Wildman–Crippen MR) is 202 cm³/mol. The molecule has 4 aliphatic carbocycles. The number of hydrogen-bond acceptors (Lipinski definition) is 2. The highest BCUT2D eigenvalue weighted by Crippen LogP contribution is 2.68. The molecule has 4 saturated carbocycles. The molecule has 0 saturated heterocycles. The number of ether oxygens (including phenoxy) is 1. The van der Waals surface area contributed by atoms with E-state index in [0.717, 1.165) is 66.6 Å². The summed E-state index contributed by atoms with van der Waals surface area (Å²) in [6, 6.07) is 0. The third-order valence-electron chi connectivity index (χ3n) is 15.3. The number of fused-ring (bicyclic) bond motifs is 5. The Balaban J connectivity index is 1.15. The van der Waals surface area contributed by atoms with E-state index in [1.165, 1.54) is 128 Å². The number of allylic oxidation sites excluding steroid dienone is 2. The summed E-state index contributed by atoms with van der Waals surface area (Å²) < 4.78 is 6.17. The Bertz CT molecular complexity index is 936. The summed E-state index contributed by atoms with van der Waals surface area (Å²) in [5, 5.41) is 0. The van der Waals surface area contributed by atoms with E-state index in [-0.39, 0.29) is 12.1 Å².